The minimum absolute atomic E-state index is 0.445. The predicted molar refractivity (Wildman–Crippen MR) is 85.3 cm³/mol. The second kappa shape index (κ2) is 5.39. The van der Waals surface area contributed by atoms with Gasteiger partial charge in [0.05, 0.1) is 0 Å². The molecule has 2 aromatic heterocycles. The summed E-state index contributed by atoms with van der Waals surface area (Å²) in [6.45, 7) is 6.74. The third-order valence-corrected chi connectivity index (χ3v) is 6.03. The lowest BCUT2D eigenvalue weighted by molar-refractivity contribution is 0.418. The van der Waals surface area contributed by atoms with Crippen LogP contribution in [-0.4, -0.2) is 0 Å². The number of thiophene rings is 2. The summed E-state index contributed by atoms with van der Waals surface area (Å²) in [7, 11) is 0. The van der Waals surface area contributed by atoms with Gasteiger partial charge in [-0.05, 0) is 68.7 Å². The number of fused-ring (bicyclic) bond motifs is 1. The summed E-state index contributed by atoms with van der Waals surface area (Å²) in [5, 5.41) is 6.09. The maximum absolute atomic E-state index is 3.84. The van der Waals surface area contributed by atoms with Gasteiger partial charge in [0.25, 0.3) is 0 Å². The first-order chi connectivity index (χ1) is 9.15. The minimum Gasteiger partial charge on any atom is -0.303 e. The van der Waals surface area contributed by atoms with Gasteiger partial charge in [0.1, 0.15) is 0 Å². The van der Waals surface area contributed by atoms with Crippen molar-refractivity contribution in [3.05, 3.63) is 43.3 Å². The lowest BCUT2D eigenvalue weighted by atomic mass is 9.93. The molecule has 0 amide bonds. The molecule has 102 valence electrons. The van der Waals surface area contributed by atoms with E-state index < -0.39 is 0 Å². The zero-order valence-electron chi connectivity index (χ0n) is 11.8. The fourth-order valence-corrected chi connectivity index (χ4v) is 5.14. The standard InChI is InChI=1S/C16H21NS2/c1-10-9-14(12(3)19-10)11(2)17-15-5-4-6-16-13(15)7-8-18-16/h7-9,11,15,17H,4-6H2,1-3H3. The largest absolute Gasteiger partial charge is 0.303 e. The van der Waals surface area contributed by atoms with E-state index in [4.69, 9.17) is 0 Å². The molecule has 2 atom stereocenters. The van der Waals surface area contributed by atoms with Gasteiger partial charge in [-0.15, -0.1) is 22.7 Å². The van der Waals surface area contributed by atoms with Crippen LogP contribution in [0.15, 0.2) is 17.5 Å². The van der Waals surface area contributed by atoms with Crippen molar-refractivity contribution >= 4 is 22.7 Å². The fraction of sp³-hybridized carbons (Fsp3) is 0.500. The molecule has 2 heterocycles. The highest BCUT2D eigenvalue weighted by atomic mass is 32.1. The summed E-state index contributed by atoms with van der Waals surface area (Å²) in [5.74, 6) is 0. The van der Waals surface area contributed by atoms with E-state index in [1.165, 1.54) is 34.6 Å². The minimum atomic E-state index is 0.445. The molecule has 2 aromatic rings. The van der Waals surface area contributed by atoms with Crippen LogP contribution in [0.4, 0.5) is 0 Å². The van der Waals surface area contributed by atoms with Crippen molar-refractivity contribution in [2.45, 2.75) is 52.1 Å². The topological polar surface area (TPSA) is 12.0 Å². The highest BCUT2D eigenvalue weighted by molar-refractivity contribution is 7.12. The first-order valence-electron chi connectivity index (χ1n) is 7.04. The number of aryl methyl sites for hydroxylation is 3. The molecule has 0 radical (unpaired) electrons. The van der Waals surface area contributed by atoms with E-state index in [1.807, 2.05) is 22.7 Å². The maximum atomic E-state index is 3.84. The first kappa shape index (κ1) is 13.3. The molecule has 1 aliphatic carbocycles. The molecule has 1 N–H and O–H groups in total. The summed E-state index contributed by atoms with van der Waals surface area (Å²) in [5.41, 5.74) is 3.03. The molecule has 0 aliphatic heterocycles. The number of rotatable bonds is 3. The van der Waals surface area contributed by atoms with Crippen LogP contribution in [0.2, 0.25) is 0 Å². The fourth-order valence-electron chi connectivity index (χ4n) is 3.13. The van der Waals surface area contributed by atoms with Gasteiger partial charge in [0.2, 0.25) is 0 Å². The zero-order valence-corrected chi connectivity index (χ0v) is 13.5. The van der Waals surface area contributed by atoms with Crippen molar-refractivity contribution in [1.29, 1.82) is 0 Å². The van der Waals surface area contributed by atoms with E-state index in [-0.39, 0.29) is 0 Å². The molecule has 0 saturated heterocycles. The monoisotopic (exact) mass is 291 g/mol. The van der Waals surface area contributed by atoms with Crippen LogP contribution in [0.25, 0.3) is 0 Å². The van der Waals surface area contributed by atoms with Crippen LogP contribution in [-0.2, 0) is 6.42 Å². The first-order valence-corrected chi connectivity index (χ1v) is 8.74. The van der Waals surface area contributed by atoms with Crippen molar-refractivity contribution in [2.75, 3.05) is 0 Å². The van der Waals surface area contributed by atoms with E-state index in [0.717, 1.165) is 0 Å². The highest BCUT2D eigenvalue weighted by Crippen LogP contribution is 2.35. The summed E-state index contributed by atoms with van der Waals surface area (Å²) < 4.78 is 0. The Morgan fingerprint density at radius 2 is 2.21 bits per heavy atom. The van der Waals surface area contributed by atoms with Gasteiger partial charge in [-0.1, -0.05) is 0 Å². The molecule has 1 nitrogen and oxygen atoms in total. The number of hydrogen-bond donors (Lipinski definition) is 1. The third-order valence-electron chi connectivity index (χ3n) is 4.05. The molecule has 0 spiro atoms. The molecular formula is C16H21NS2. The Bertz CT molecular complexity index is 567. The van der Waals surface area contributed by atoms with Crippen LogP contribution in [0.5, 0.6) is 0 Å². The van der Waals surface area contributed by atoms with Crippen LogP contribution < -0.4 is 5.32 Å². The summed E-state index contributed by atoms with van der Waals surface area (Å²) in [6.07, 6.45) is 3.87. The predicted octanol–water partition coefficient (Wildman–Crippen LogP) is 5.15. The van der Waals surface area contributed by atoms with Gasteiger partial charge in [-0.25, -0.2) is 0 Å². The average molecular weight is 291 g/mol. The van der Waals surface area contributed by atoms with Gasteiger partial charge in [0.15, 0.2) is 0 Å². The van der Waals surface area contributed by atoms with Crippen molar-refractivity contribution in [3.63, 3.8) is 0 Å². The van der Waals surface area contributed by atoms with Crippen molar-refractivity contribution < 1.29 is 0 Å². The van der Waals surface area contributed by atoms with Gasteiger partial charge >= 0.3 is 0 Å². The Balaban J connectivity index is 1.78. The molecule has 3 heteroatoms. The molecular weight excluding hydrogens is 270 g/mol. The van der Waals surface area contributed by atoms with Crippen molar-refractivity contribution in [2.24, 2.45) is 0 Å². The lowest BCUT2D eigenvalue weighted by Gasteiger charge is -2.27. The normalized spacial score (nSPS) is 20.3. The van der Waals surface area contributed by atoms with E-state index in [2.05, 4.69) is 43.6 Å². The number of hydrogen-bond acceptors (Lipinski definition) is 3. The Labute approximate surface area is 123 Å². The van der Waals surface area contributed by atoms with Crippen LogP contribution in [0, 0.1) is 13.8 Å². The van der Waals surface area contributed by atoms with Crippen molar-refractivity contribution in [1.82, 2.24) is 5.32 Å². The zero-order chi connectivity index (χ0) is 13.4. The van der Waals surface area contributed by atoms with E-state index in [9.17, 15) is 0 Å². The molecule has 1 aliphatic rings. The molecule has 3 rings (SSSR count). The molecule has 2 unspecified atom stereocenters. The summed E-state index contributed by atoms with van der Waals surface area (Å²) in [6, 6.07) is 5.65. The summed E-state index contributed by atoms with van der Waals surface area (Å²) >= 11 is 3.83. The van der Waals surface area contributed by atoms with Gasteiger partial charge in [-0.3, -0.25) is 0 Å². The van der Waals surface area contributed by atoms with E-state index in [0.29, 0.717) is 12.1 Å². The Morgan fingerprint density at radius 3 is 2.95 bits per heavy atom. The molecule has 0 aromatic carbocycles. The van der Waals surface area contributed by atoms with Gasteiger partial charge in [-0.2, -0.15) is 0 Å². The van der Waals surface area contributed by atoms with Crippen LogP contribution >= 0.6 is 22.7 Å². The summed E-state index contributed by atoms with van der Waals surface area (Å²) in [4.78, 5) is 4.47. The van der Waals surface area contributed by atoms with Gasteiger partial charge in [0, 0.05) is 26.7 Å². The Hall–Kier alpha value is -0.640. The Kier molecular flexibility index (Phi) is 3.79. The molecule has 0 saturated carbocycles. The van der Waals surface area contributed by atoms with E-state index >= 15 is 0 Å². The molecule has 0 bridgehead atoms. The third kappa shape index (κ3) is 2.64. The second-order valence-electron chi connectivity index (χ2n) is 5.50. The SMILES string of the molecule is Cc1cc(C(C)NC2CCCc3sccc32)c(C)s1. The van der Waals surface area contributed by atoms with Crippen LogP contribution in [0.1, 0.15) is 57.6 Å². The lowest BCUT2D eigenvalue weighted by Crippen LogP contribution is -2.27. The molecule has 19 heavy (non-hydrogen) atoms. The van der Waals surface area contributed by atoms with Crippen molar-refractivity contribution in [3.8, 4) is 0 Å². The highest BCUT2D eigenvalue weighted by Gasteiger charge is 2.23. The Morgan fingerprint density at radius 1 is 1.37 bits per heavy atom. The van der Waals surface area contributed by atoms with E-state index in [1.54, 1.807) is 10.4 Å². The number of nitrogens with one attached hydrogen (secondary N) is 1. The quantitative estimate of drug-likeness (QED) is 0.824. The van der Waals surface area contributed by atoms with Gasteiger partial charge < -0.3 is 5.32 Å². The second-order valence-corrected chi connectivity index (χ2v) is 7.96. The molecule has 0 fully saturated rings. The average Bonchev–Trinajstić information content (AvgIpc) is 2.96. The smallest absolute Gasteiger partial charge is 0.0336 e. The van der Waals surface area contributed by atoms with Crippen LogP contribution in [0.3, 0.4) is 0 Å². The maximum Gasteiger partial charge on any atom is 0.0336 e.